The highest BCUT2D eigenvalue weighted by atomic mass is 16.6. The molecule has 0 aliphatic heterocycles. The molecule has 0 bridgehead atoms. The number of carbonyl (C=O) groups is 4. The van der Waals surface area contributed by atoms with Gasteiger partial charge in [-0.25, -0.2) is 24.1 Å². The number of hydrogen-bond acceptors (Lipinski definition) is 8. The molecule has 2 aromatic rings. The smallest absolute Gasteiger partial charge is 0.420 e. The van der Waals surface area contributed by atoms with E-state index in [1.807, 2.05) is 42.5 Å². The highest BCUT2D eigenvalue weighted by molar-refractivity contribution is 5.94. The number of carbonyl (C=O) groups excluding carboxylic acids is 3. The summed E-state index contributed by atoms with van der Waals surface area (Å²) in [6.07, 6.45) is -2.94. The van der Waals surface area contributed by atoms with Gasteiger partial charge in [-0.2, -0.15) is 4.90 Å². The van der Waals surface area contributed by atoms with Crippen LogP contribution in [0.2, 0.25) is 0 Å². The lowest BCUT2D eigenvalue weighted by atomic mass is 10.0. The van der Waals surface area contributed by atoms with Gasteiger partial charge in [0.1, 0.15) is 23.9 Å². The molecule has 2 aromatic carbocycles. The molecule has 0 saturated carbocycles. The predicted molar refractivity (Wildman–Crippen MR) is 158 cm³/mol. The number of fused-ring (bicyclic) bond motifs is 3. The number of nitrogens with zero attached hydrogens (tertiary/aromatic N) is 2. The largest absolute Gasteiger partial charge is 0.480 e. The minimum absolute atomic E-state index is 0.0488. The van der Waals surface area contributed by atoms with Crippen LogP contribution in [0.3, 0.4) is 0 Å². The molecule has 12 heteroatoms. The number of rotatable bonds is 8. The molecule has 0 spiro atoms. The van der Waals surface area contributed by atoms with Crippen LogP contribution in [0.1, 0.15) is 71.1 Å². The van der Waals surface area contributed by atoms with E-state index in [1.54, 1.807) is 41.5 Å². The molecule has 0 aromatic heterocycles. The second kappa shape index (κ2) is 13.1. The third-order valence-corrected chi connectivity index (χ3v) is 6.45. The SMILES string of the molecule is CC(C)(C)OC(=O)N(CCC[C@@H](C(=O)O)N(C(=O)OCc1cccc2c1Cc1ccccc1-2)C(=O)OC(C)(C)C)C(=N)N. The Balaban J connectivity index is 1.79. The second-order valence-electron chi connectivity index (χ2n) is 12.2. The Hall–Kier alpha value is -4.61. The number of nitrogens with one attached hydrogen (secondary N) is 1. The molecule has 3 rings (SSSR count). The van der Waals surface area contributed by atoms with E-state index in [1.165, 1.54) is 0 Å². The number of aliphatic carboxylic acids is 1. The van der Waals surface area contributed by atoms with Gasteiger partial charge >= 0.3 is 24.2 Å². The van der Waals surface area contributed by atoms with Crippen molar-refractivity contribution >= 4 is 30.2 Å². The van der Waals surface area contributed by atoms with E-state index >= 15 is 0 Å². The Morgan fingerprint density at radius 3 is 2.12 bits per heavy atom. The summed E-state index contributed by atoms with van der Waals surface area (Å²) in [6, 6.07) is 11.9. The number of carboxylic acids is 1. The van der Waals surface area contributed by atoms with Gasteiger partial charge in [-0.05, 0) is 88.6 Å². The molecule has 43 heavy (non-hydrogen) atoms. The van der Waals surface area contributed by atoms with E-state index in [9.17, 15) is 24.3 Å². The Morgan fingerprint density at radius 2 is 1.51 bits per heavy atom. The van der Waals surface area contributed by atoms with Crippen LogP contribution in [0.15, 0.2) is 42.5 Å². The zero-order chi connectivity index (χ0) is 32.1. The van der Waals surface area contributed by atoms with Gasteiger partial charge in [0.25, 0.3) is 0 Å². The molecule has 232 valence electrons. The minimum atomic E-state index is -1.69. The number of carboxylic acid groups (broad SMARTS) is 1. The van der Waals surface area contributed by atoms with E-state index in [0.717, 1.165) is 32.7 Å². The van der Waals surface area contributed by atoms with E-state index in [4.69, 9.17) is 25.4 Å². The highest BCUT2D eigenvalue weighted by Gasteiger charge is 2.39. The molecule has 1 aliphatic carbocycles. The van der Waals surface area contributed by atoms with E-state index in [-0.39, 0.29) is 26.0 Å². The zero-order valence-corrected chi connectivity index (χ0v) is 25.4. The monoisotopic (exact) mass is 596 g/mol. The molecule has 1 aliphatic rings. The maximum absolute atomic E-state index is 13.4. The van der Waals surface area contributed by atoms with Crippen LogP contribution in [0.4, 0.5) is 14.4 Å². The Morgan fingerprint density at radius 1 is 0.907 bits per heavy atom. The highest BCUT2D eigenvalue weighted by Crippen LogP contribution is 2.38. The normalized spacial score (nSPS) is 12.8. The minimum Gasteiger partial charge on any atom is -0.480 e. The molecule has 0 fully saturated rings. The number of nitrogens with two attached hydrogens (primary N) is 1. The fourth-order valence-corrected chi connectivity index (χ4v) is 4.64. The van der Waals surface area contributed by atoms with Crippen molar-refractivity contribution < 1.29 is 38.5 Å². The zero-order valence-electron chi connectivity index (χ0n) is 25.4. The first-order valence-corrected chi connectivity index (χ1v) is 13.9. The lowest BCUT2D eigenvalue weighted by molar-refractivity contribution is -0.143. The van der Waals surface area contributed by atoms with Crippen molar-refractivity contribution in [3.8, 4) is 11.1 Å². The Bertz CT molecular complexity index is 1390. The third kappa shape index (κ3) is 8.69. The molecule has 3 amide bonds. The van der Waals surface area contributed by atoms with Crippen LogP contribution in [0, 0.1) is 5.41 Å². The number of amides is 3. The maximum Gasteiger partial charge on any atom is 0.420 e. The summed E-state index contributed by atoms with van der Waals surface area (Å²) in [7, 11) is 0. The summed E-state index contributed by atoms with van der Waals surface area (Å²) >= 11 is 0. The molecule has 0 heterocycles. The van der Waals surface area contributed by atoms with E-state index in [2.05, 4.69) is 0 Å². The second-order valence-corrected chi connectivity index (χ2v) is 12.2. The summed E-state index contributed by atoms with van der Waals surface area (Å²) in [4.78, 5) is 52.7. The van der Waals surface area contributed by atoms with Gasteiger partial charge in [0.15, 0.2) is 5.96 Å². The standard InChI is InChI=1S/C31H40N4O8/c1-30(2,3)42-27(38)34(26(32)33)16-10-15-24(25(36)37)35(29(40)43-31(4,5)6)28(39)41-18-20-12-9-14-22-21-13-8-7-11-19(21)17-23(20)22/h7-9,11-14,24H,10,15-18H2,1-6H3,(H3,32,33)(H,36,37)/t24-/m0/s1. The summed E-state index contributed by atoms with van der Waals surface area (Å²) in [6.45, 7) is 9.31. The fourth-order valence-electron chi connectivity index (χ4n) is 4.64. The van der Waals surface area contributed by atoms with Gasteiger partial charge in [0.2, 0.25) is 0 Å². The molecule has 12 nitrogen and oxygen atoms in total. The van der Waals surface area contributed by atoms with Gasteiger partial charge in [0, 0.05) is 6.54 Å². The average molecular weight is 597 g/mol. The van der Waals surface area contributed by atoms with Crippen molar-refractivity contribution in [2.45, 2.75) is 84.7 Å². The fraction of sp³-hybridized carbons (Fsp3) is 0.452. The topological polar surface area (TPSA) is 173 Å². The first kappa shape index (κ1) is 32.9. The first-order chi connectivity index (χ1) is 20.0. The lowest BCUT2D eigenvalue weighted by Crippen LogP contribution is -2.51. The van der Waals surface area contributed by atoms with Crippen LogP contribution in [-0.4, -0.2) is 68.9 Å². The first-order valence-electron chi connectivity index (χ1n) is 13.9. The van der Waals surface area contributed by atoms with Crippen molar-refractivity contribution in [1.29, 1.82) is 5.41 Å². The van der Waals surface area contributed by atoms with Crippen molar-refractivity contribution in [2.75, 3.05) is 6.54 Å². The van der Waals surface area contributed by atoms with E-state index in [0.29, 0.717) is 11.3 Å². The molecular formula is C31H40N4O8. The van der Waals surface area contributed by atoms with Crippen LogP contribution in [0.25, 0.3) is 11.1 Å². The molecule has 0 saturated heterocycles. The molecule has 0 unspecified atom stereocenters. The van der Waals surface area contributed by atoms with Crippen LogP contribution in [-0.2, 0) is 32.0 Å². The number of guanidine groups is 1. The summed E-state index contributed by atoms with van der Waals surface area (Å²) in [5.41, 5.74) is 8.64. The number of ether oxygens (including phenoxy) is 3. The molecular weight excluding hydrogens is 556 g/mol. The number of hydrogen-bond donors (Lipinski definition) is 3. The van der Waals surface area contributed by atoms with Crippen LogP contribution < -0.4 is 5.73 Å². The van der Waals surface area contributed by atoms with Crippen molar-refractivity contribution in [3.63, 3.8) is 0 Å². The van der Waals surface area contributed by atoms with Crippen LogP contribution >= 0.6 is 0 Å². The summed E-state index contributed by atoms with van der Waals surface area (Å²) < 4.78 is 16.1. The summed E-state index contributed by atoms with van der Waals surface area (Å²) in [5, 5.41) is 17.8. The molecule has 4 N–H and O–H groups in total. The van der Waals surface area contributed by atoms with Gasteiger partial charge in [-0.3, -0.25) is 5.41 Å². The van der Waals surface area contributed by atoms with Crippen molar-refractivity contribution in [1.82, 2.24) is 9.80 Å². The van der Waals surface area contributed by atoms with E-state index < -0.39 is 47.5 Å². The van der Waals surface area contributed by atoms with Gasteiger partial charge in [0.05, 0.1) is 0 Å². The van der Waals surface area contributed by atoms with Crippen LogP contribution in [0.5, 0.6) is 0 Å². The van der Waals surface area contributed by atoms with Gasteiger partial charge < -0.3 is 25.1 Å². The molecule has 1 atom stereocenters. The Kier molecular flexibility index (Phi) is 10.1. The lowest BCUT2D eigenvalue weighted by Gasteiger charge is -2.30. The van der Waals surface area contributed by atoms with Gasteiger partial charge in [-0.15, -0.1) is 0 Å². The van der Waals surface area contributed by atoms with Crippen molar-refractivity contribution in [3.05, 3.63) is 59.2 Å². The summed E-state index contributed by atoms with van der Waals surface area (Å²) in [5.74, 6) is -2.08. The third-order valence-electron chi connectivity index (χ3n) is 6.45. The molecule has 0 radical (unpaired) electrons. The maximum atomic E-state index is 13.4. The Labute approximate surface area is 251 Å². The van der Waals surface area contributed by atoms with Crippen molar-refractivity contribution in [2.24, 2.45) is 5.73 Å². The predicted octanol–water partition coefficient (Wildman–Crippen LogP) is 5.50. The number of benzene rings is 2. The van der Waals surface area contributed by atoms with Gasteiger partial charge in [-0.1, -0.05) is 42.5 Å². The number of imide groups is 1. The quantitative estimate of drug-likeness (QED) is 0.172. The average Bonchev–Trinajstić information content (AvgIpc) is 3.26.